The first-order chi connectivity index (χ1) is 8.57. The number of halogens is 3. The molecule has 0 aromatic heterocycles. The minimum atomic E-state index is -5.07. The molecule has 0 aliphatic carbocycles. The van der Waals surface area contributed by atoms with Gasteiger partial charge in [-0.05, 0) is 6.07 Å². The number of carbonyl (C=O) groups is 1. The molecule has 0 amide bonds. The van der Waals surface area contributed by atoms with Crippen LogP contribution in [0.25, 0.3) is 0 Å². The molecule has 0 saturated heterocycles. The molecule has 0 fully saturated rings. The van der Waals surface area contributed by atoms with Crippen LogP contribution in [0.5, 0.6) is 5.75 Å². The summed E-state index contributed by atoms with van der Waals surface area (Å²) in [7, 11) is 0. The maximum Gasteiger partial charge on any atom is 0.408 e. The average Bonchev–Trinajstić information content (AvgIpc) is 2.25. The van der Waals surface area contributed by atoms with Crippen LogP contribution >= 0.6 is 0 Å². The van der Waals surface area contributed by atoms with E-state index in [1.807, 2.05) is 0 Å². The number of nitro groups is 1. The maximum absolute atomic E-state index is 12.5. The van der Waals surface area contributed by atoms with Crippen molar-refractivity contribution in [1.82, 2.24) is 0 Å². The van der Waals surface area contributed by atoms with Gasteiger partial charge in [-0.3, -0.25) is 10.1 Å². The third-order valence-corrected chi connectivity index (χ3v) is 2.28. The van der Waals surface area contributed by atoms with Crippen LogP contribution in [0.1, 0.15) is 22.0 Å². The van der Waals surface area contributed by atoms with Crippen LogP contribution in [0.15, 0.2) is 12.1 Å². The van der Waals surface area contributed by atoms with Crippen LogP contribution in [0.2, 0.25) is 0 Å². The van der Waals surface area contributed by atoms with Gasteiger partial charge in [0, 0.05) is 6.07 Å². The lowest BCUT2D eigenvalue weighted by atomic mass is 10.00. The summed E-state index contributed by atoms with van der Waals surface area (Å²) in [6, 6.07) is -1.70. The van der Waals surface area contributed by atoms with Crippen LogP contribution in [0, 0.1) is 10.1 Å². The van der Waals surface area contributed by atoms with Gasteiger partial charge in [-0.25, -0.2) is 4.79 Å². The summed E-state index contributed by atoms with van der Waals surface area (Å²) in [4.78, 5) is 20.1. The van der Waals surface area contributed by atoms with E-state index in [1.165, 1.54) is 0 Å². The quantitative estimate of drug-likeness (QED) is 0.569. The lowest BCUT2D eigenvalue weighted by Crippen LogP contribution is -2.29. The Bertz CT molecular complexity index is 543. The third-order valence-electron chi connectivity index (χ3n) is 2.28. The van der Waals surface area contributed by atoms with Crippen molar-refractivity contribution in [3.8, 4) is 5.75 Å². The zero-order valence-electron chi connectivity index (χ0n) is 9.01. The second-order valence-electron chi connectivity index (χ2n) is 3.48. The number of benzene rings is 1. The van der Waals surface area contributed by atoms with Gasteiger partial charge in [-0.2, -0.15) is 13.2 Å². The SMILES string of the molecule is N[C@@H](c1c([N+](=O)[O-])ccc(C(=O)O)c1O)C(F)(F)F. The Hall–Kier alpha value is -2.36. The highest BCUT2D eigenvalue weighted by Gasteiger charge is 2.44. The van der Waals surface area contributed by atoms with Crippen molar-refractivity contribution in [3.05, 3.63) is 33.4 Å². The fourth-order valence-corrected chi connectivity index (χ4v) is 1.40. The van der Waals surface area contributed by atoms with Gasteiger partial charge in [0.1, 0.15) is 17.4 Å². The van der Waals surface area contributed by atoms with Gasteiger partial charge in [0.2, 0.25) is 0 Å². The smallest absolute Gasteiger partial charge is 0.408 e. The van der Waals surface area contributed by atoms with E-state index < -0.39 is 45.7 Å². The van der Waals surface area contributed by atoms with E-state index in [-0.39, 0.29) is 0 Å². The number of aromatic hydroxyl groups is 1. The Balaban J connectivity index is 3.61. The number of carboxylic acid groups (broad SMARTS) is 1. The minimum Gasteiger partial charge on any atom is -0.506 e. The molecule has 0 spiro atoms. The summed E-state index contributed by atoms with van der Waals surface area (Å²) in [5, 5.41) is 28.7. The molecule has 0 radical (unpaired) electrons. The maximum atomic E-state index is 12.5. The summed E-state index contributed by atoms with van der Waals surface area (Å²) in [5.41, 5.74) is 1.51. The molecule has 0 aliphatic heterocycles. The van der Waals surface area contributed by atoms with Gasteiger partial charge in [0.05, 0.1) is 10.5 Å². The highest BCUT2D eigenvalue weighted by atomic mass is 19.4. The molecule has 1 rings (SSSR count). The molecule has 19 heavy (non-hydrogen) atoms. The van der Waals surface area contributed by atoms with E-state index in [2.05, 4.69) is 0 Å². The lowest BCUT2D eigenvalue weighted by Gasteiger charge is -2.17. The van der Waals surface area contributed by atoms with Crippen LogP contribution in [0.3, 0.4) is 0 Å². The van der Waals surface area contributed by atoms with Crippen LogP contribution in [-0.4, -0.2) is 27.3 Å². The zero-order chi connectivity index (χ0) is 15.0. The first-order valence-corrected chi connectivity index (χ1v) is 4.63. The number of phenols is 1. The first kappa shape index (κ1) is 14.7. The Kier molecular flexibility index (Phi) is 3.65. The Labute approximate surface area is 103 Å². The van der Waals surface area contributed by atoms with Crippen molar-refractivity contribution in [2.24, 2.45) is 5.73 Å². The Morgan fingerprint density at radius 3 is 2.32 bits per heavy atom. The second-order valence-corrected chi connectivity index (χ2v) is 3.48. The highest BCUT2D eigenvalue weighted by molar-refractivity contribution is 5.92. The van der Waals surface area contributed by atoms with E-state index in [9.17, 15) is 33.2 Å². The third kappa shape index (κ3) is 2.73. The molecule has 0 unspecified atom stereocenters. The molecule has 104 valence electrons. The summed E-state index contributed by atoms with van der Waals surface area (Å²) in [6.07, 6.45) is -5.07. The number of aromatic carboxylic acids is 1. The molecule has 1 aromatic rings. The van der Waals surface area contributed by atoms with Gasteiger partial charge in [-0.1, -0.05) is 0 Å². The van der Waals surface area contributed by atoms with Crippen molar-refractivity contribution >= 4 is 11.7 Å². The molecule has 0 bridgehead atoms. The number of nitrogens with zero attached hydrogens (tertiary/aromatic N) is 1. The Morgan fingerprint density at radius 1 is 1.42 bits per heavy atom. The van der Waals surface area contributed by atoms with E-state index >= 15 is 0 Å². The molecule has 0 heterocycles. The van der Waals surface area contributed by atoms with Gasteiger partial charge >= 0.3 is 12.1 Å². The fraction of sp³-hybridized carbons (Fsp3) is 0.222. The van der Waals surface area contributed by atoms with Crippen molar-refractivity contribution in [2.75, 3.05) is 0 Å². The predicted octanol–water partition coefficient (Wildman–Crippen LogP) is 1.56. The topological polar surface area (TPSA) is 127 Å². The predicted molar refractivity (Wildman–Crippen MR) is 54.7 cm³/mol. The normalized spacial score (nSPS) is 13.1. The molecule has 0 saturated carbocycles. The highest BCUT2D eigenvalue weighted by Crippen LogP contribution is 2.41. The largest absolute Gasteiger partial charge is 0.506 e. The first-order valence-electron chi connectivity index (χ1n) is 4.63. The van der Waals surface area contributed by atoms with Gasteiger partial charge in [0.15, 0.2) is 0 Å². The molecule has 7 nitrogen and oxygen atoms in total. The van der Waals surface area contributed by atoms with Gasteiger partial charge in [-0.15, -0.1) is 0 Å². The number of carboxylic acids is 1. The summed E-state index contributed by atoms with van der Waals surface area (Å²) < 4.78 is 37.5. The molecule has 4 N–H and O–H groups in total. The zero-order valence-corrected chi connectivity index (χ0v) is 9.01. The summed E-state index contributed by atoms with van der Waals surface area (Å²) in [5.74, 6) is -3.10. The van der Waals surface area contributed by atoms with E-state index in [1.54, 1.807) is 0 Å². The van der Waals surface area contributed by atoms with Gasteiger partial charge in [0.25, 0.3) is 5.69 Å². The number of nitrogens with two attached hydrogens (primary N) is 1. The van der Waals surface area contributed by atoms with Crippen LogP contribution in [-0.2, 0) is 0 Å². The average molecular weight is 280 g/mol. The number of rotatable bonds is 3. The summed E-state index contributed by atoms with van der Waals surface area (Å²) in [6.45, 7) is 0. The number of nitro benzene ring substituents is 1. The summed E-state index contributed by atoms with van der Waals surface area (Å²) >= 11 is 0. The monoisotopic (exact) mass is 280 g/mol. The van der Waals surface area contributed by atoms with Crippen LogP contribution < -0.4 is 5.73 Å². The number of hydrogen-bond donors (Lipinski definition) is 3. The number of alkyl halides is 3. The Morgan fingerprint density at radius 2 is 1.95 bits per heavy atom. The minimum absolute atomic E-state index is 0.546. The number of hydrogen-bond acceptors (Lipinski definition) is 5. The van der Waals surface area contributed by atoms with Crippen molar-refractivity contribution in [2.45, 2.75) is 12.2 Å². The van der Waals surface area contributed by atoms with Crippen LogP contribution in [0.4, 0.5) is 18.9 Å². The molecule has 0 aliphatic rings. The van der Waals surface area contributed by atoms with Crippen molar-refractivity contribution < 1.29 is 33.1 Å². The van der Waals surface area contributed by atoms with Crippen molar-refractivity contribution in [1.29, 1.82) is 0 Å². The molecular formula is C9H7F3N2O5. The van der Waals surface area contributed by atoms with Crippen molar-refractivity contribution in [3.63, 3.8) is 0 Å². The van der Waals surface area contributed by atoms with E-state index in [4.69, 9.17) is 10.8 Å². The van der Waals surface area contributed by atoms with E-state index in [0.29, 0.717) is 12.1 Å². The second kappa shape index (κ2) is 4.72. The molecule has 1 aromatic carbocycles. The molecule has 10 heteroatoms. The molecule has 1 atom stereocenters. The lowest BCUT2D eigenvalue weighted by molar-refractivity contribution is -0.386. The standard InChI is InChI=1S/C9H7F3N2O5/c10-9(11,12)7(13)5-4(14(18)19)2-1-3(6(5)15)8(16)17/h1-2,7,15H,13H2,(H,16,17)/t7-/m0/s1. The fourth-order valence-electron chi connectivity index (χ4n) is 1.40. The molecular weight excluding hydrogens is 273 g/mol. The van der Waals surface area contributed by atoms with Gasteiger partial charge < -0.3 is 15.9 Å². The van der Waals surface area contributed by atoms with E-state index in [0.717, 1.165) is 0 Å².